The number of hydrogen-bond acceptors (Lipinski definition) is 6. The van der Waals surface area contributed by atoms with Gasteiger partial charge in [0.15, 0.2) is 5.13 Å². The lowest BCUT2D eigenvalue weighted by atomic mass is 10.1. The van der Waals surface area contributed by atoms with Crippen LogP contribution in [0.3, 0.4) is 0 Å². The van der Waals surface area contributed by atoms with Gasteiger partial charge in [0.25, 0.3) is 5.91 Å². The maximum Gasteiger partial charge on any atom is 0.260 e. The van der Waals surface area contributed by atoms with Gasteiger partial charge in [-0.05, 0) is 49.2 Å². The number of rotatable bonds is 7. The second-order valence-corrected chi connectivity index (χ2v) is 8.79. The highest BCUT2D eigenvalue weighted by molar-refractivity contribution is 7.22. The summed E-state index contributed by atoms with van der Waals surface area (Å²) >= 11 is 1.53. The van der Waals surface area contributed by atoms with Crippen LogP contribution in [0.2, 0.25) is 0 Å². The van der Waals surface area contributed by atoms with E-state index in [0.29, 0.717) is 29.6 Å². The fourth-order valence-electron chi connectivity index (χ4n) is 3.75. The topological polar surface area (TPSA) is 69.5 Å². The van der Waals surface area contributed by atoms with Crippen molar-refractivity contribution in [3.8, 4) is 5.75 Å². The number of nitrogens with zero attached hydrogens (tertiary/aromatic N) is 4. The highest BCUT2D eigenvalue weighted by Crippen LogP contribution is 2.31. The van der Waals surface area contributed by atoms with Crippen molar-refractivity contribution in [2.75, 3.05) is 18.1 Å². The number of aromatic nitrogens is 3. The highest BCUT2D eigenvalue weighted by Gasteiger charge is 2.27. The summed E-state index contributed by atoms with van der Waals surface area (Å²) < 4.78 is 14.6. The molecule has 5 rings (SSSR count). The summed E-state index contributed by atoms with van der Waals surface area (Å²) in [5.41, 5.74) is 1.49. The summed E-state index contributed by atoms with van der Waals surface area (Å²) in [7, 11) is 1.93. The molecular formula is C24H24N4O3S. The fourth-order valence-corrected chi connectivity index (χ4v) is 4.72. The SMILES string of the molecule is Cn1ccnc1COc1ccc(C(=O)N(CC2CCCO2)c2nc3ccccc3s2)cc1. The van der Waals surface area contributed by atoms with Gasteiger partial charge >= 0.3 is 0 Å². The van der Waals surface area contributed by atoms with Crippen molar-refractivity contribution in [1.29, 1.82) is 0 Å². The molecule has 4 aromatic rings. The number of carbonyl (C=O) groups excluding carboxylic acids is 1. The Bertz CT molecular complexity index is 1180. The quantitative estimate of drug-likeness (QED) is 0.418. The summed E-state index contributed by atoms with van der Waals surface area (Å²) in [6.07, 6.45) is 5.63. The zero-order chi connectivity index (χ0) is 21.9. The minimum Gasteiger partial charge on any atom is -0.486 e. The Kier molecular flexibility index (Phi) is 5.87. The minimum absolute atomic E-state index is 0.0337. The molecule has 0 aliphatic carbocycles. The van der Waals surface area contributed by atoms with Gasteiger partial charge in [-0.3, -0.25) is 9.69 Å². The molecule has 0 radical (unpaired) electrons. The standard InChI is InChI=1S/C24H24N4O3S/c1-27-13-12-25-22(27)16-31-18-10-8-17(9-11-18)23(29)28(15-19-5-4-14-30-19)24-26-20-6-2-3-7-21(20)32-24/h2-3,6-13,19H,4-5,14-16H2,1H3. The molecule has 1 saturated heterocycles. The first-order chi connectivity index (χ1) is 15.7. The van der Waals surface area contributed by atoms with Gasteiger partial charge in [0.1, 0.15) is 18.2 Å². The third kappa shape index (κ3) is 4.37. The molecule has 1 unspecified atom stereocenters. The molecule has 1 aliphatic rings. The molecule has 0 spiro atoms. The van der Waals surface area contributed by atoms with E-state index >= 15 is 0 Å². The lowest BCUT2D eigenvalue weighted by Gasteiger charge is -2.23. The van der Waals surface area contributed by atoms with E-state index in [9.17, 15) is 4.79 Å². The van der Waals surface area contributed by atoms with Gasteiger partial charge < -0.3 is 14.0 Å². The summed E-state index contributed by atoms with van der Waals surface area (Å²) in [5, 5.41) is 0.696. The number of anilines is 1. The molecule has 2 aromatic heterocycles. The molecule has 0 saturated carbocycles. The Hall–Kier alpha value is -3.23. The highest BCUT2D eigenvalue weighted by atomic mass is 32.1. The van der Waals surface area contributed by atoms with Crippen LogP contribution in [0.25, 0.3) is 10.2 Å². The zero-order valence-electron chi connectivity index (χ0n) is 17.8. The lowest BCUT2D eigenvalue weighted by Crippen LogP contribution is -2.37. The second-order valence-electron chi connectivity index (χ2n) is 7.78. The second kappa shape index (κ2) is 9.10. The van der Waals surface area contributed by atoms with Crippen molar-refractivity contribution in [2.24, 2.45) is 7.05 Å². The van der Waals surface area contributed by atoms with E-state index in [4.69, 9.17) is 14.5 Å². The Balaban J connectivity index is 1.35. The van der Waals surface area contributed by atoms with E-state index in [1.165, 1.54) is 11.3 Å². The van der Waals surface area contributed by atoms with E-state index in [0.717, 1.165) is 35.5 Å². The van der Waals surface area contributed by atoms with E-state index in [1.807, 2.05) is 54.2 Å². The van der Waals surface area contributed by atoms with E-state index in [1.54, 1.807) is 23.2 Å². The van der Waals surface area contributed by atoms with Gasteiger partial charge in [0.2, 0.25) is 0 Å². The van der Waals surface area contributed by atoms with Crippen LogP contribution < -0.4 is 9.64 Å². The number of carbonyl (C=O) groups is 1. The molecule has 32 heavy (non-hydrogen) atoms. The maximum atomic E-state index is 13.5. The van der Waals surface area contributed by atoms with Crippen LogP contribution in [0.1, 0.15) is 29.0 Å². The monoisotopic (exact) mass is 448 g/mol. The number of benzene rings is 2. The third-order valence-corrected chi connectivity index (χ3v) is 6.62. The number of ether oxygens (including phenoxy) is 2. The Morgan fingerprint density at radius 1 is 1.25 bits per heavy atom. The van der Waals surface area contributed by atoms with Gasteiger partial charge in [-0.25, -0.2) is 9.97 Å². The van der Waals surface area contributed by atoms with Gasteiger partial charge in [-0.1, -0.05) is 23.5 Å². The molecule has 3 heterocycles. The molecule has 1 atom stereocenters. The van der Waals surface area contributed by atoms with Crippen LogP contribution >= 0.6 is 11.3 Å². The van der Waals surface area contributed by atoms with E-state index in [-0.39, 0.29) is 12.0 Å². The number of para-hydroxylation sites is 1. The maximum absolute atomic E-state index is 13.5. The van der Waals surface area contributed by atoms with Crippen LogP contribution in [0.15, 0.2) is 60.9 Å². The van der Waals surface area contributed by atoms with E-state index in [2.05, 4.69) is 4.98 Å². The molecule has 164 valence electrons. The Labute approximate surface area is 190 Å². The molecule has 0 N–H and O–H groups in total. The third-order valence-electron chi connectivity index (χ3n) is 5.56. The first kappa shape index (κ1) is 20.7. The number of hydrogen-bond donors (Lipinski definition) is 0. The molecule has 1 amide bonds. The van der Waals surface area contributed by atoms with Crippen LogP contribution in [-0.2, 0) is 18.4 Å². The summed E-state index contributed by atoms with van der Waals surface area (Å²) in [6, 6.07) is 15.2. The largest absolute Gasteiger partial charge is 0.486 e. The van der Waals surface area contributed by atoms with Crippen molar-refractivity contribution in [3.63, 3.8) is 0 Å². The summed E-state index contributed by atoms with van der Waals surface area (Å²) in [4.78, 5) is 24.2. The summed E-state index contributed by atoms with van der Waals surface area (Å²) in [6.45, 7) is 1.61. The first-order valence-corrected chi connectivity index (χ1v) is 11.5. The van der Waals surface area contributed by atoms with Crippen molar-refractivity contribution < 1.29 is 14.3 Å². The average molecular weight is 449 g/mol. The van der Waals surface area contributed by atoms with Crippen LogP contribution in [0.4, 0.5) is 5.13 Å². The van der Waals surface area contributed by atoms with Crippen LogP contribution in [0, 0.1) is 0 Å². The molecule has 0 bridgehead atoms. The number of aryl methyl sites for hydroxylation is 1. The predicted octanol–water partition coefficient (Wildman–Crippen LogP) is 4.43. The molecule has 8 heteroatoms. The molecule has 1 fully saturated rings. The van der Waals surface area contributed by atoms with Gasteiger partial charge in [0.05, 0.1) is 22.9 Å². The van der Waals surface area contributed by atoms with Gasteiger partial charge in [-0.2, -0.15) is 0 Å². The minimum atomic E-state index is -0.0878. The lowest BCUT2D eigenvalue weighted by molar-refractivity contribution is 0.0917. The normalized spacial score (nSPS) is 15.8. The van der Waals surface area contributed by atoms with Gasteiger partial charge in [0, 0.05) is 31.6 Å². The van der Waals surface area contributed by atoms with Crippen molar-refractivity contribution in [1.82, 2.24) is 14.5 Å². The number of fused-ring (bicyclic) bond motifs is 1. The predicted molar refractivity (Wildman–Crippen MR) is 124 cm³/mol. The molecule has 7 nitrogen and oxygen atoms in total. The van der Waals surface area contributed by atoms with Crippen LogP contribution in [0.5, 0.6) is 5.75 Å². The first-order valence-electron chi connectivity index (χ1n) is 10.7. The van der Waals surface area contributed by atoms with Crippen LogP contribution in [-0.4, -0.2) is 39.7 Å². The summed E-state index contributed by atoms with van der Waals surface area (Å²) in [5.74, 6) is 1.44. The zero-order valence-corrected chi connectivity index (χ0v) is 18.6. The number of thiazole rings is 1. The van der Waals surface area contributed by atoms with Gasteiger partial charge in [-0.15, -0.1) is 0 Å². The Morgan fingerprint density at radius 3 is 2.81 bits per heavy atom. The van der Waals surface area contributed by atoms with E-state index < -0.39 is 0 Å². The Morgan fingerprint density at radius 2 is 2.09 bits per heavy atom. The average Bonchev–Trinajstić information content (AvgIpc) is 3.57. The number of amides is 1. The molecule has 2 aromatic carbocycles. The smallest absolute Gasteiger partial charge is 0.260 e. The van der Waals surface area contributed by atoms with Crippen molar-refractivity contribution >= 4 is 32.6 Å². The molecular weight excluding hydrogens is 424 g/mol. The molecule has 1 aliphatic heterocycles. The fraction of sp³-hybridized carbons (Fsp3) is 0.292. The van der Waals surface area contributed by atoms with Crippen molar-refractivity contribution in [3.05, 3.63) is 72.3 Å². The number of imidazole rings is 1. The van der Waals surface area contributed by atoms with Crippen molar-refractivity contribution in [2.45, 2.75) is 25.6 Å².